The van der Waals surface area contributed by atoms with Crippen molar-refractivity contribution in [1.29, 1.82) is 0 Å². The normalized spacial score (nSPS) is 18.3. The predicted molar refractivity (Wildman–Crippen MR) is 118 cm³/mol. The average molecular weight is 429 g/mol. The quantitative estimate of drug-likeness (QED) is 0.762. The van der Waals surface area contributed by atoms with Crippen LogP contribution in [0.15, 0.2) is 41.8 Å². The molecule has 2 saturated heterocycles. The lowest BCUT2D eigenvalue weighted by Gasteiger charge is -2.34. The molecular formula is C22H28N4O3S. The van der Waals surface area contributed by atoms with Gasteiger partial charge in [0.25, 0.3) is 5.91 Å². The standard InChI is InChI=1S/C22H28N4O3S/c27-21(17-24-7-9-26(10-8-24)22(28)20-2-1-15-30-20)23-19-5-3-18(4-6-19)16-25-11-13-29-14-12-25/h1-6,15H,7-14,16-17H2,(H,23,27). The summed E-state index contributed by atoms with van der Waals surface area (Å²) in [6.45, 7) is 7.50. The molecule has 0 unspecified atom stereocenters. The summed E-state index contributed by atoms with van der Waals surface area (Å²) in [5.41, 5.74) is 2.05. The van der Waals surface area contributed by atoms with Crippen LogP contribution in [0.3, 0.4) is 0 Å². The molecule has 1 aromatic carbocycles. The second-order valence-corrected chi connectivity index (χ2v) is 8.63. The van der Waals surface area contributed by atoms with E-state index in [9.17, 15) is 9.59 Å². The molecule has 7 nitrogen and oxygen atoms in total. The van der Waals surface area contributed by atoms with Gasteiger partial charge in [0, 0.05) is 51.5 Å². The molecule has 2 aliphatic rings. The molecule has 2 aliphatic heterocycles. The fraction of sp³-hybridized carbons (Fsp3) is 0.455. The molecule has 0 atom stereocenters. The first-order chi connectivity index (χ1) is 14.7. The second-order valence-electron chi connectivity index (χ2n) is 7.68. The van der Waals surface area contributed by atoms with Crippen molar-refractivity contribution < 1.29 is 14.3 Å². The van der Waals surface area contributed by atoms with E-state index in [0.717, 1.165) is 43.4 Å². The number of ether oxygens (including phenoxy) is 1. The third-order valence-corrected chi connectivity index (χ3v) is 6.36. The Hall–Kier alpha value is -2.26. The molecule has 160 valence electrons. The van der Waals surface area contributed by atoms with Gasteiger partial charge < -0.3 is 15.0 Å². The summed E-state index contributed by atoms with van der Waals surface area (Å²) in [5.74, 6) is 0.0697. The Kier molecular flexibility index (Phi) is 7.11. The molecule has 2 fully saturated rings. The molecular weight excluding hydrogens is 400 g/mol. The lowest BCUT2D eigenvalue weighted by Crippen LogP contribution is -2.50. The van der Waals surface area contributed by atoms with Crippen molar-refractivity contribution in [3.63, 3.8) is 0 Å². The molecule has 0 bridgehead atoms. The van der Waals surface area contributed by atoms with Crippen LogP contribution < -0.4 is 5.32 Å². The fourth-order valence-corrected chi connectivity index (χ4v) is 4.47. The number of hydrogen-bond acceptors (Lipinski definition) is 6. The van der Waals surface area contributed by atoms with Gasteiger partial charge in [-0.3, -0.25) is 19.4 Å². The first-order valence-corrected chi connectivity index (χ1v) is 11.3. The second kappa shape index (κ2) is 10.2. The topological polar surface area (TPSA) is 65.1 Å². The van der Waals surface area contributed by atoms with Crippen molar-refractivity contribution in [3.8, 4) is 0 Å². The number of amides is 2. The molecule has 4 rings (SSSR count). The minimum absolute atomic E-state index is 0.0195. The highest BCUT2D eigenvalue weighted by atomic mass is 32.1. The zero-order valence-corrected chi connectivity index (χ0v) is 17.9. The smallest absolute Gasteiger partial charge is 0.264 e. The highest BCUT2D eigenvalue weighted by Gasteiger charge is 2.23. The molecule has 0 radical (unpaired) electrons. The van der Waals surface area contributed by atoms with Crippen LogP contribution in [0.5, 0.6) is 0 Å². The number of anilines is 1. The SMILES string of the molecule is O=C(CN1CCN(C(=O)c2cccs2)CC1)Nc1ccc(CN2CCOCC2)cc1. The fourth-order valence-electron chi connectivity index (χ4n) is 3.78. The first kappa shape index (κ1) is 21.0. The van der Waals surface area contributed by atoms with E-state index in [0.29, 0.717) is 32.7 Å². The first-order valence-electron chi connectivity index (χ1n) is 10.4. The number of piperazine rings is 1. The van der Waals surface area contributed by atoms with Crippen molar-refractivity contribution >= 4 is 28.8 Å². The summed E-state index contributed by atoms with van der Waals surface area (Å²) in [6, 6.07) is 11.8. The van der Waals surface area contributed by atoms with E-state index in [1.807, 2.05) is 34.5 Å². The number of hydrogen-bond donors (Lipinski definition) is 1. The van der Waals surface area contributed by atoms with Crippen molar-refractivity contribution in [1.82, 2.24) is 14.7 Å². The monoisotopic (exact) mass is 428 g/mol. The summed E-state index contributed by atoms with van der Waals surface area (Å²) in [7, 11) is 0. The van der Waals surface area contributed by atoms with E-state index < -0.39 is 0 Å². The molecule has 1 N–H and O–H groups in total. The van der Waals surface area contributed by atoms with Gasteiger partial charge in [0.2, 0.25) is 5.91 Å². The molecule has 2 amide bonds. The van der Waals surface area contributed by atoms with Crippen LogP contribution in [-0.2, 0) is 16.1 Å². The van der Waals surface area contributed by atoms with E-state index in [-0.39, 0.29) is 11.8 Å². The van der Waals surface area contributed by atoms with Gasteiger partial charge in [-0.1, -0.05) is 18.2 Å². The van der Waals surface area contributed by atoms with Gasteiger partial charge in [-0.2, -0.15) is 0 Å². The Bertz CT molecular complexity index is 827. The van der Waals surface area contributed by atoms with Crippen molar-refractivity contribution in [2.75, 3.05) is 64.3 Å². The number of carbonyl (C=O) groups excluding carboxylic acids is 2. The lowest BCUT2D eigenvalue weighted by atomic mass is 10.2. The maximum absolute atomic E-state index is 12.4. The van der Waals surface area contributed by atoms with E-state index in [1.165, 1.54) is 16.9 Å². The van der Waals surface area contributed by atoms with Crippen LogP contribution in [0.2, 0.25) is 0 Å². The Balaban J connectivity index is 1.20. The summed E-state index contributed by atoms with van der Waals surface area (Å²) in [6.07, 6.45) is 0. The van der Waals surface area contributed by atoms with E-state index in [2.05, 4.69) is 27.2 Å². The van der Waals surface area contributed by atoms with Gasteiger partial charge in [0.1, 0.15) is 0 Å². The molecule has 0 aliphatic carbocycles. The number of rotatable bonds is 6. The third kappa shape index (κ3) is 5.66. The number of thiophene rings is 1. The molecule has 0 spiro atoms. The molecule has 3 heterocycles. The number of nitrogens with zero attached hydrogens (tertiary/aromatic N) is 3. The molecule has 8 heteroatoms. The minimum atomic E-state index is -0.0195. The number of nitrogens with one attached hydrogen (secondary N) is 1. The van der Waals surface area contributed by atoms with Crippen LogP contribution in [-0.4, -0.2) is 85.5 Å². The van der Waals surface area contributed by atoms with Gasteiger partial charge >= 0.3 is 0 Å². The zero-order valence-electron chi connectivity index (χ0n) is 17.1. The Morgan fingerprint density at radius 3 is 2.33 bits per heavy atom. The summed E-state index contributed by atoms with van der Waals surface area (Å²) in [4.78, 5) is 32.0. The van der Waals surface area contributed by atoms with Gasteiger partial charge in [0.15, 0.2) is 0 Å². The van der Waals surface area contributed by atoms with E-state index in [1.54, 1.807) is 0 Å². The highest BCUT2D eigenvalue weighted by Crippen LogP contribution is 2.15. The largest absolute Gasteiger partial charge is 0.379 e. The van der Waals surface area contributed by atoms with Crippen LogP contribution in [0.1, 0.15) is 15.2 Å². The number of carbonyl (C=O) groups is 2. The average Bonchev–Trinajstić information content (AvgIpc) is 3.31. The van der Waals surface area contributed by atoms with E-state index in [4.69, 9.17) is 4.74 Å². The number of morpholine rings is 1. The maximum atomic E-state index is 12.4. The van der Waals surface area contributed by atoms with Crippen molar-refractivity contribution in [3.05, 3.63) is 52.2 Å². The molecule has 0 saturated carbocycles. The van der Waals surface area contributed by atoms with Gasteiger partial charge in [-0.25, -0.2) is 0 Å². The molecule has 1 aromatic heterocycles. The maximum Gasteiger partial charge on any atom is 0.264 e. The minimum Gasteiger partial charge on any atom is -0.379 e. The van der Waals surface area contributed by atoms with Crippen molar-refractivity contribution in [2.45, 2.75) is 6.54 Å². The summed E-state index contributed by atoms with van der Waals surface area (Å²) >= 11 is 1.47. The number of benzene rings is 1. The predicted octanol–water partition coefficient (Wildman–Crippen LogP) is 1.98. The molecule has 30 heavy (non-hydrogen) atoms. The van der Waals surface area contributed by atoms with Gasteiger partial charge in [0.05, 0.1) is 24.6 Å². The van der Waals surface area contributed by atoms with Crippen molar-refractivity contribution in [2.24, 2.45) is 0 Å². The Morgan fingerprint density at radius 2 is 1.67 bits per heavy atom. The molecule has 2 aromatic rings. The van der Waals surface area contributed by atoms with Crippen LogP contribution in [0.4, 0.5) is 5.69 Å². The van der Waals surface area contributed by atoms with Crippen LogP contribution in [0, 0.1) is 0 Å². The lowest BCUT2D eigenvalue weighted by molar-refractivity contribution is -0.117. The van der Waals surface area contributed by atoms with Crippen LogP contribution in [0.25, 0.3) is 0 Å². The zero-order chi connectivity index (χ0) is 20.8. The highest BCUT2D eigenvalue weighted by molar-refractivity contribution is 7.12. The Morgan fingerprint density at radius 1 is 0.933 bits per heavy atom. The summed E-state index contributed by atoms with van der Waals surface area (Å²) in [5, 5.41) is 4.90. The Labute approximate surface area is 181 Å². The third-order valence-electron chi connectivity index (χ3n) is 5.51. The van der Waals surface area contributed by atoms with Gasteiger partial charge in [-0.05, 0) is 29.1 Å². The van der Waals surface area contributed by atoms with E-state index >= 15 is 0 Å². The summed E-state index contributed by atoms with van der Waals surface area (Å²) < 4.78 is 5.38. The van der Waals surface area contributed by atoms with Crippen LogP contribution >= 0.6 is 11.3 Å². The van der Waals surface area contributed by atoms with Gasteiger partial charge in [-0.15, -0.1) is 11.3 Å².